The molecule has 3 rings (SSSR count). The third-order valence-corrected chi connectivity index (χ3v) is 6.19. The molecule has 29 heavy (non-hydrogen) atoms. The molecule has 2 heterocycles. The maximum Gasteiger partial charge on any atom is 0.311 e. The van der Waals surface area contributed by atoms with Crippen LogP contribution in [0, 0.1) is 19.8 Å². The minimum absolute atomic E-state index is 0.0342. The average molecular weight is 420 g/mol. The molecule has 8 nitrogen and oxygen atoms in total. The van der Waals surface area contributed by atoms with Gasteiger partial charge in [-0.1, -0.05) is 31.5 Å². The van der Waals surface area contributed by atoms with Crippen LogP contribution in [-0.2, 0) is 20.7 Å². The number of nitrogens with one attached hydrogen (secondary N) is 1. The molecule has 0 aliphatic heterocycles. The first-order valence-corrected chi connectivity index (χ1v) is 11.3. The number of ether oxygens (including phenoxy) is 1. The largest absolute Gasteiger partial charge is 0.452 e. The van der Waals surface area contributed by atoms with Crippen molar-refractivity contribution >= 4 is 29.4 Å². The number of hydrogen-bond donors (Lipinski definition) is 1. The number of aryl methyl sites for hydroxylation is 2. The maximum absolute atomic E-state index is 12.5. The van der Waals surface area contributed by atoms with Crippen LogP contribution in [0.2, 0.25) is 0 Å². The summed E-state index contributed by atoms with van der Waals surface area (Å²) < 4.78 is 7.05. The predicted octanol–water partition coefficient (Wildman–Crippen LogP) is 2.63. The molecule has 1 N–H and O–H groups in total. The van der Waals surface area contributed by atoms with Crippen LogP contribution >= 0.6 is 11.8 Å². The van der Waals surface area contributed by atoms with Crippen LogP contribution in [0.1, 0.15) is 56.5 Å². The van der Waals surface area contributed by atoms with Gasteiger partial charge in [0.15, 0.2) is 6.10 Å². The van der Waals surface area contributed by atoms with Crippen molar-refractivity contribution in [2.75, 3.05) is 6.26 Å². The van der Waals surface area contributed by atoms with E-state index in [1.165, 1.54) is 18.2 Å². The highest BCUT2D eigenvalue weighted by atomic mass is 32.2. The van der Waals surface area contributed by atoms with Crippen LogP contribution in [0.25, 0.3) is 5.78 Å². The number of carbonyl (C=O) groups excluding carboxylic acids is 2. The van der Waals surface area contributed by atoms with Gasteiger partial charge in [-0.15, -0.1) is 5.10 Å². The van der Waals surface area contributed by atoms with E-state index in [4.69, 9.17) is 4.74 Å². The number of hydrogen-bond acceptors (Lipinski definition) is 7. The highest BCUT2D eigenvalue weighted by molar-refractivity contribution is 7.98. The van der Waals surface area contributed by atoms with Crippen molar-refractivity contribution in [2.24, 2.45) is 5.92 Å². The first-order chi connectivity index (χ1) is 13.8. The number of thioether (sulfide) groups is 1. The summed E-state index contributed by atoms with van der Waals surface area (Å²) in [6, 6.07) is 0.159. The van der Waals surface area contributed by atoms with Crippen LogP contribution in [0.4, 0.5) is 0 Å². The van der Waals surface area contributed by atoms with Crippen molar-refractivity contribution in [2.45, 2.75) is 77.1 Å². The number of amides is 1. The fraction of sp³-hybridized carbons (Fsp3) is 0.650. The molecule has 1 aliphatic rings. The molecule has 0 unspecified atom stereocenters. The smallest absolute Gasteiger partial charge is 0.311 e. The fourth-order valence-corrected chi connectivity index (χ4v) is 4.14. The lowest BCUT2D eigenvalue weighted by molar-refractivity contribution is -0.154. The number of esters is 1. The van der Waals surface area contributed by atoms with Crippen LogP contribution in [0.5, 0.6) is 0 Å². The van der Waals surface area contributed by atoms with Crippen LogP contribution < -0.4 is 5.32 Å². The van der Waals surface area contributed by atoms with E-state index in [0.29, 0.717) is 22.5 Å². The molecule has 0 bridgehead atoms. The molecule has 9 heteroatoms. The van der Waals surface area contributed by atoms with Crippen molar-refractivity contribution in [3.8, 4) is 0 Å². The fourth-order valence-electron chi connectivity index (χ4n) is 3.80. The Labute approximate surface area is 175 Å². The van der Waals surface area contributed by atoms with E-state index < -0.39 is 12.1 Å². The summed E-state index contributed by atoms with van der Waals surface area (Å²) >= 11 is 1.44. The molecule has 0 radical (unpaired) electrons. The zero-order chi connectivity index (χ0) is 21.1. The summed E-state index contributed by atoms with van der Waals surface area (Å²) in [7, 11) is 0. The Kier molecular flexibility index (Phi) is 6.77. The number of carbonyl (C=O) groups is 2. The lowest BCUT2D eigenvalue weighted by Crippen LogP contribution is -2.46. The second-order valence-corrected chi connectivity index (χ2v) is 8.53. The Morgan fingerprint density at radius 1 is 1.28 bits per heavy atom. The number of nitrogens with zero attached hydrogens (tertiary/aromatic N) is 4. The SMILES string of the molecule is CSc1nc2nc(C)c(CC(=O)O[C@H](C)C(=O)N[C@@H]3CCCC[C@@H]3C)c(C)n2n1. The minimum atomic E-state index is -0.830. The number of rotatable bonds is 6. The lowest BCUT2D eigenvalue weighted by atomic mass is 9.86. The predicted molar refractivity (Wildman–Crippen MR) is 111 cm³/mol. The van der Waals surface area contributed by atoms with E-state index in [-0.39, 0.29) is 18.4 Å². The molecule has 3 atom stereocenters. The zero-order valence-corrected chi connectivity index (χ0v) is 18.5. The molecule has 0 aromatic carbocycles. The molecule has 1 amide bonds. The lowest BCUT2D eigenvalue weighted by Gasteiger charge is -2.30. The first kappa shape index (κ1) is 21.5. The van der Waals surface area contributed by atoms with Gasteiger partial charge in [0, 0.05) is 23.0 Å². The van der Waals surface area contributed by atoms with Gasteiger partial charge in [0.2, 0.25) is 5.16 Å². The molecular weight excluding hydrogens is 390 g/mol. The van der Waals surface area contributed by atoms with Crippen molar-refractivity contribution in [3.05, 3.63) is 17.0 Å². The topological polar surface area (TPSA) is 98.5 Å². The average Bonchev–Trinajstić information content (AvgIpc) is 3.10. The quantitative estimate of drug-likeness (QED) is 0.568. The van der Waals surface area contributed by atoms with Crippen LogP contribution in [-0.4, -0.2) is 49.9 Å². The van der Waals surface area contributed by atoms with E-state index in [9.17, 15) is 9.59 Å². The second kappa shape index (κ2) is 9.11. The molecule has 0 spiro atoms. The summed E-state index contributed by atoms with van der Waals surface area (Å²) in [6.45, 7) is 7.49. The van der Waals surface area contributed by atoms with Gasteiger partial charge in [0.25, 0.3) is 11.7 Å². The minimum Gasteiger partial charge on any atom is -0.452 e. The first-order valence-electron chi connectivity index (χ1n) is 10.1. The number of fused-ring (bicyclic) bond motifs is 1. The monoisotopic (exact) mass is 419 g/mol. The maximum atomic E-state index is 12.5. The van der Waals surface area contributed by atoms with E-state index >= 15 is 0 Å². The summed E-state index contributed by atoms with van der Waals surface area (Å²) in [5.41, 5.74) is 2.25. The molecule has 1 fully saturated rings. The molecule has 1 saturated carbocycles. The van der Waals surface area contributed by atoms with Crippen LogP contribution in [0.3, 0.4) is 0 Å². The van der Waals surface area contributed by atoms with E-state index in [0.717, 1.165) is 30.5 Å². The highest BCUT2D eigenvalue weighted by Gasteiger charge is 2.27. The van der Waals surface area contributed by atoms with Gasteiger partial charge < -0.3 is 10.1 Å². The summed E-state index contributed by atoms with van der Waals surface area (Å²) in [4.78, 5) is 33.8. The summed E-state index contributed by atoms with van der Waals surface area (Å²) in [5.74, 6) is 0.269. The van der Waals surface area contributed by atoms with Gasteiger partial charge in [-0.05, 0) is 45.8 Å². The normalized spacial score (nSPS) is 20.4. The van der Waals surface area contributed by atoms with Crippen LogP contribution in [0.15, 0.2) is 5.16 Å². The van der Waals surface area contributed by atoms with Crippen molar-refractivity contribution in [1.82, 2.24) is 24.9 Å². The van der Waals surface area contributed by atoms with Gasteiger partial charge in [-0.3, -0.25) is 9.59 Å². The van der Waals surface area contributed by atoms with Gasteiger partial charge in [-0.2, -0.15) is 4.98 Å². The summed E-state index contributed by atoms with van der Waals surface area (Å²) in [6.07, 6.45) is 5.53. The molecule has 2 aromatic rings. The van der Waals surface area contributed by atoms with E-state index in [2.05, 4.69) is 27.3 Å². The van der Waals surface area contributed by atoms with Crippen molar-refractivity contribution in [3.63, 3.8) is 0 Å². The zero-order valence-electron chi connectivity index (χ0n) is 17.7. The molecule has 0 saturated heterocycles. The van der Waals surface area contributed by atoms with Crippen molar-refractivity contribution < 1.29 is 14.3 Å². The standard InChI is InChI=1S/C20H29N5O3S/c1-11-8-6-7-9-16(11)22-18(27)14(4)28-17(26)10-15-12(2)21-19-23-20(29-5)24-25(19)13(15)3/h11,14,16H,6-10H2,1-5H3,(H,22,27)/t11-,14+,16+/m0/s1. The molecule has 158 valence electrons. The second-order valence-electron chi connectivity index (χ2n) is 7.76. The van der Waals surface area contributed by atoms with E-state index in [1.807, 2.05) is 20.1 Å². The van der Waals surface area contributed by atoms with Gasteiger partial charge in [-0.25, -0.2) is 9.50 Å². The van der Waals surface area contributed by atoms with Crippen molar-refractivity contribution in [1.29, 1.82) is 0 Å². The molecular formula is C20H29N5O3S. The van der Waals surface area contributed by atoms with Gasteiger partial charge in [0.05, 0.1) is 6.42 Å². The Morgan fingerprint density at radius 3 is 2.69 bits per heavy atom. The Balaban J connectivity index is 1.64. The van der Waals surface area contributed by atoms with Gasteiger partial charge in [0.1, 0.15) is 0 Å². The van der Waals surface area contributed by atoms with E-state index in [1.54, 1.807) is 11.4 Å². The number of aromatic nitrogens is 4. The Hall–Kier alpha value is -2.16. The highest BCUT2D eigenvalue weighted by Crippen LogP contribution is 2.24. The molecule has 2 aromatic heterocycles. The Bertz CT molecular complexity index is 913. The third-order valence-electron chi connectivity index (χ3n) is 5.65. The Morgan fingerprint density at radius 2 is 2.00 bits per heavy atom. The summed E-state index contributed by atoms with van der Waals surface area (Å²) in [5, 5.41) is 8.06. The third kappa shape index (κ3) is 4.88. The molecule has 1 aliphatic carbocycles. The van der Waals surface area contributed by atoms with Gasteiger partial charge >= 0.3 is 5.97 Å².